The third kappa shape index (κ3) is 5.60. The number of carbonyl (C=O) groups is 1. The van der Waals surface area contributed by atoms with Crippen molar-refractivity contribution in [1.82, 2.24) is 20.5 Å². The van der Waals surface area contributed by atoms with E-state index in [1.54, 1.807) is 12.4 Å². The number of hydrogen-bond acceptors (Lipinski definition) is 5. The summed E-state index contributed by atoms with van der Waals surface area (Å²) >= 11 is 0. The SMILES string of the molecule is CN1CCC(N[C@H]2CC(C)(C)[C@@H]3C[C@@](C)(O)CC[C@]23CCC(=O)NCc2cccnc2)CC1. The Morgan fingerprint density at radius 2 is 1.97 bits per heavy atom. The molecule has 0 unspecified atom stereocenters. The van der Waals surface area contributed by atoms with Gasteiger partial charge in [-0.3, -0.25) is 9.78 Å². The topological polar surface area (TPSA) is 77.5 Å². The fourth-order valence-corrected chi connectivity index (χ4v) is 7.06. The van der Waals surface area contributed by atoms with Crippen molar-refractivity contribution in [2.45, 2.75) is 96.4 Å². The molecule has 2 aliphatic carbocycles. The maximum Gasteiger partial charge on any atom is 0.220 e. The van der Waals surface area contributed by atoms with Crippen LogP contribution in [-0.2, 0) is 11.3 Å². The van der Waals surface area contributed by atoms with E-state index >= 15 is 0 Å². The van der Waals surface area contributed by atoms with E-state index in [-0.39, 0.29) is 16.7 Å². The Morgan fingerprint density at radius 3 is 2.67 bits per heavy atom. The van der Waals surface area contributed by atoms with Crippen LogP contribution in [0.15, 0.2) is 24.5 Å². The molecule has 33 heavy (non-hydrogen) atoms. The molecular formula is C27H44N4O2. The number of pyridine rings is 1. The van der Waals surface area contributed by atoms with Crippen LogP contribution < -0.4 is 10.6 Å². The maximum absolute atomic E-state index is 12.9. The van der Waals surface area contributed by atoms with Crippen molar-refractivity contribution in [3.63, 3.8) is 0 Å². The van der Waals surface area contributed by atoms with Crippen LogP contribution in [0.1, 0.15) is 77.7 Å². The van der Waals surface area contributed by atoms with E-state index < -0.39 is 5.60 Å². The Balaban J connectivity index is 1.47. The average Bonchev–Trinajstić information content (AvgIpc) is 2.99. The van der Waals surface area contributed by atoms with Gasteiger partial charge in [0, 0.05) is 37.4 Å². The van der Waals surface area contributed by atoms with Gasteiger partial charge >= 0.3 is 0 Å². The first-order valence-electron chi connectivity index (χ1n) is 12.9. The average molecular weight is 457 g/mol. The van der Waals surface area contributed by atoms with Crippen LogP contribution in [0, 0.1) is 16.7 Å². The summed E-state index contributed by atoms with van der Waals surface area (Å²) < 4.78 is 0. The zero-order chi connectivity index (χ0) is 23.7. The number of aliphatic hydroxyl groups is 1. The largest absolute Gasteiger partial charge is 0.390 e. The fraction of sp³-hybridized carbons (Fsp3) is 0.778. The molecule has 4 atom stereocenters. The van der Waals surface area contributed by atoms with Gasteiger partial charge in [-0.05, 0) is 100 Å². The Morgan fingerprint density at radius 1 is 1.21 bits per heavy atom. The van der Waals surface area contributed by atoms with E-state index in [0.29, 0.717) is 31.0 Å². The van der Waals surface area contributed by atoms with E-state index in [1.165, 1.54) is 12.8 Å². The smallest absolute Gasteiger partial charge is 0.220 e. The predicted molar refractivity (Wildman–Crippen MR) is 132 cm³/mol. The summed E-state index contributed by atoms with van der Waals surface area (Å²) in [6.07, 6.45) is 11.1. The van der Waals surface area contributed by atoms with Gasteiger partial charge in [0.25, 0.3) is 0 Å². The molecule has 0 aromatic carbocycles. The molecule has 0 spiro atoms. The summed E-state index contributed by atoms with van der Waals surface area (Å²) in [4.78, 5) is 19.4. The molecular weight excluding hydrogens is 412 g/mol. The van der Waals surface area contributed by atoms with E-state index in [1.807, 2.05) is 19.1 Å². The molecule has 2 saturated carbocycles. The minimum Gasteiger partial charge on any atom is -0.390 e. The van der Waals surface area contributed by atoms with E-state index in [9.17, 15) is 9.90 Å². The minimum atomic E-state index is -0.601. The first-order valence-corrected chi connectivity index (χ1v) is 12.9. The summed E-state index contributed by atoms with van der Waals surface area (Å²) in [6, 6.07) is 4.86. The van der Waals surface area contributed by atoms with E-state index in [0.717, 1.165) is 50.8 Å². The second kappa shape index (κ2) is 9.63. The van der Waals surface area contributed by atoms with Gasteiger partial charge in [-0.2, -0.15) is 0 Å². The quantitative estimate of drug-likeness (QED) is 0.585. The molecule has 1 aliphatic heterocycles. The van der Waals surface area contributed by atoms with Gasteiger partial charge in [-0.15, -0.1) is 0 Å². The number of amides is 1. The van der Waals surface area contributed by atoms with Crippen LogP contribution in [0.5, 0.6) is 0 Å². The fourth-order valence-electron chi connectivity index (χ4n) is 7.06. The molecule has 184 valence electrons. The third-order valence-corrected chi connectivity index (χ3v) is 9.02. The normalized spacial score (nSPS) is 34.7. The highest BCUT2D eigenvalue weighted by Gasteiger charge is 2.61. The number of fused-ring (bicyclic) bond motifs is 1. The number of nitrogens with zero attached hydrogens (tertiary/aromatic N) is 2. The lowest BCUT2D eigenvalue weighted by Crippen LogP contribution is -2.54. The number of hydrogen-bond donors (Lipinski definition) is 3. The molecule has 1 saturated heterocycles. The van der Waals surface area contributed by atoms with Crippen LogP contribution in [0.4, 0.5) is 0 Å². The standard InChI is InChI=1S/C27H44N4O2/c1-25(2)17-23(30-21-8-14-31(4)15-9-21)27(12-11-26(3,33)16-22(25)27)10-7-24(32)29-19-20-6-5-13-28-18-20/h5-6,13,18,21-23,30,33H,7-12,14-17,19H2,1-4H3,(H,29,32)/t22-,23-,26-,27-/m0/s1. The van der Waals surface area contributed by atoms with E-state index in [4.69, 9.17) is 0 Å². The summed E-state index contributed by atoms with van der Waals surface area (Å²) in [7, 11) is 2.21. The second-order valence-corrected chi connectivity index (χ2v) is 12.1. The molecule has 1 aromatic heterocycles. The lowest BCUT2D eigenvalue weighted by atomic mass is 9.57. The van der Waals surface area contributed by atoms with Gasteiger partial charge < -0.3 is 20.6 Å². The van der Waals surface area contributed by atoms with Gasteiger partial charge in [-0.1, -0.05) is 19.9 Å². The maximum atomic E-state index is 12.9. The number of aromatic nitrogens is 1. The van der Waals surface area contributed by atoms with Gasteiger partial charge in [0.1, 0.15) is 0 Å². The van der Waals surface area contributed by atoms with E-state index in [2.05, 4.69) is 41.4 Å². The highest BCUT2D eigenvalue weighted by molar-refractivity contribution is 5.75. The first-order chi connectivity index (χ1) is 15.6. The lowest BCUT2D eigenvalue weighted by molar-refractivity contribution is -0.123. The predicted octanol–water partition coefficient (Wildman–Crippen LogP) is 3.50. The molecule has 6 heteroatoms. The van der Waals surface area contributed by atoms with Crippen molar-refractivity contribution in [2.24, 2.45) is 16.7 Å². The number of piperidine rings is 1. The zero-order valence-corrected chi connectivity index (χ0v) is 21.1. The van der Waals surface area contributed by atoms with Crippen LogP contribution in [0.25, 0.3) is 0 Å². The van der Waals surface area contributed by atoms with Crippen molar-refractivity contribution in [1.29, 1.82) is 0 Å². The molecule has 0 radical (unpaired) electrons. The monoisotopic (exact) mass is 456 g/mol. The molecule has 3 fully saturated rings. The van der Waals surface area contributed by atoms with Crippen LogP contribution in [-0.4, -0.2) is 58.7 Å². The molecule has 1 aromatic rings. The van der Waals surface area contributed by atoms with Crippen LogP contribution in [0.2, 0.25) is 0 Å². The minimum absolute atomic E-state index is 0.0702. The van der Waals surface area contributed by atoms with Gasteiger partial charge in [0.05, 0.1) is 5.60 Å². The van der Waals surface area contributed by atoms with Gasteiger partial charge in [0.15, 0.2) is 0 Å². The molecule has 2 heterocycles. The Bertz CT molecular complexity index is 804. The molecule has 0 bridgehead atoms. The van der Waals surface area contributed by atoms with Crippen LogP contribution in [0.3, 0.4) is 0 Å². The molecule has 1 amide bonds. The second-order valence-electron chi connectivity index (χ2n) is 12.1. The molecule has 6 nitrogen and oxygen atoms in total. The lowest BCUT2D eigenvalue weighted by Gasteiger charge is -2.51. The number of nitrogens with one attached hydrogen (secondary N) is 2. The number of rotatable bonds is 7. The highest BCUT2D eigenvalue weighted by atomic mass is 16.3. The van der Waals surface area contributed by atoms with Crippen molar-refractivity contribution in [3.8, 4) is 0 Å². The summed E-state index contributed by atoms with van der Waals surface area (Å²) in [5, 5.41) is 18.2. The molecule has 3 aliphatic rings. The van der Waals surface area contributed by atoms with Crippen molar-refractivity contribution >= 4 is 5.91 Å². The van der Waals surface area contributed by atoms with Crippen molar-refractivity contribution < 1.29 is 9.90 Å². The highest BCUT2D eigenvalue weighted by Crippen LogP contribution is 2.64. The number of likely N-dealkylation sites (tertiary alicyclic amines) is 1. The first kappa shape index (κ1) is 24.6. The zero-order valence-electron chi connectivity index (χ0n) is 21.1. The van der Waals surface area contributed by atoms with Crippen molar-refractivity contribution in [3.05, 3.63) is 30.1 Å². The Kier molecular flexibility index (Phi) is 7.18. The summed E-state index contributed by atoms with van der Waals surface area (Å²) in [5.74, 6) is 0.538. The van der Waals surface area contributed by atoms with Crippen molar-refractivity contribution in [2.75, 3.05) is 20.1 Å². The number of carbonyl (C=O) groups excluding carboxylic acids is 1. The molecule has 4 rings (SSSR count). The van der Waals surface area contributed by atoms with Gasteiger partial charge in [-0.25, -0.2) is 0 Å². The molecule has 3 N–H and O–H groups in total. The summed E-state index contributed by atoms with van der Waals surface area (Å²) in [6.45, 7) is 9.59. The van der Waals surface area contributed by atoms with Crippen LogP contribution >= 0.6 is 0 Å². The Labute approximate surface area is 199 Å². The van der Waals surface area contributed by atoms with Gasteiger partial charge in [0.2, 0.25) is 5.91 Å². The Hall–Kier alpha value is -1.50. The summed E-state index contributed by atoms with van der Waals surface area (Å²) in [5.41, 5.74) is 0.649. The third-order valence-electron chi connectivity index (χ3n) is 9.02.